The molecule has 596 valence electrons. The highest BCUT2D eigenvalue weighted by Crippen LogP contribution is 2.32. The fraction of sp³-hybridized carbons (Fsp3) is 0.543. The number of aliphatic hydroxyl groups excluding tert-OH is 2. The van der Waals surface area contributed by atoms with Gasteiger partial charge in [0, 0.05) is 73.4 Å². The number of thioether (sulfide) groups is 1. The number of aliphatic carboxylic acids is 1. The summed E-state index contributed by atoms with van der Waals surface area (Å²) in [4.78, 5) is 219. The van der Waals surface area contributed by atoms with Crippen molar-refractivity contribution in [1.29, 1.82) is 0 Å². The molecular weight excluding hydrogens is 1450 g/mol. The number of aromatic nitrogens is 1. The number of benzene rings is 2. The molecule has 38 nitrogen and oxygen atoms in total. The molecule has 2 saturated heterocycles. The third kappa shape index (κ3) is 26.8. The molecule has 109 heavy (non-hydrogen) atoms. The Hall–Kier alpha value is -10.9. The molecule has 18 N–H and O–H groups in total. The zero-order valence-electron chi connectivity index (χ0n) is 61.5. The van der Waals surface area contributed by atoms with Gasteiger partial charge in [-0.15, -0.1) is 11.8 Å². The number of urea groups is 1. The SMILES string of the molecule is CC[C@H](C)[C@H]1NC(=O)CNC(=O)CNC(=O)[C@@H]([C@@H](C)[C@@H](O)CO)NC(=O)C2C[C@H](OCNC(=O)OCc3ccc(NC(=O)[C@H](CCCNC(N)=O)NC(=O)[C@@H](NC(=O)CCCCCN4C(=O)C=CC4=O)C(C)C)cc3)CN2C(=O)[C@H](CC(=O)O)NC(=O)[C@H](CSc2[nH]c3cc(OC)ccc3c2C)NC(=O)CNC1=O. The number of amides is 16. The summed E-state index contributed by atoms with van der Waals surface area (Å²) in [6.45, 7) is 5.34. The molecule has 11 atom stereocenters. The number of nitrogens with zero attached hydrogens (tertiary/aromatic N) is 2. The summed E-state index contributed by atoms with van der Waals surface area (Å²) < 4.78 is 16.7. The number of hydrogen-bond donors (Lipinski definition) is 17. The molecule has 39 heteroatoms. The number of fused-ring (bicyclic) bond motifs is 2. The summed E-state index contributed by atoms with van der Waals surface area (Å²) in [5.74, 6) is -14.3. The zero-order chi connectivity index (χ0) is 80.2. The molecule has 4 heterocycles. The fourth-order valence-corrected chi connectivity index (χ4v) is 12.8. The molecule has 2 fully saturated rings. The van der Waals surface area contributed by atoms with Gasteiger partial charge in [0.1, 0.15) is 61.4 Å². The number of rotatable bonds is 32. The summed E-state index contributed by atoms with van der Waals surface area (Å²) in [5, 5.41) is 62.3. The summed E-state index contributed by atoms with van der Waals surface area (Å²) >= 11 is 1.06. The number of alkyl carbamates (subject to hydrolysis) is 1. The number of imide groups is 1. The van der Waals surface area contributed by atoms with Crippen molar-refractivity contribution < 1.29 is 106 Å². The van der Waals surface area contributed by atoms with E-state index >= 15 is 4.79 Å². The molecule has 0 spiro atoms. The monoisotopic (exact) mass is 1550 g/mol. The molecule has 0 bridgehead atoms. The Balaban J connectivity index is 1.16. The van der Waals surface area contributed by atoms with E-state index in [1.54, 1.807) is 52.8 Å². The van der Waals surface area contributed by atoms with Crippen LogP contribution in [0.15, 0.2) is 59.6 Å². The van der Waals surface area contributed by atoms with Crippen molar-refractivity contribution in [3.05, 3.63) is 65.7 Å². The van der Waals surface area contributed by atoms with Crippen LogP contribution >= 0.6 is 11.8 Å². The number of aliphatic hydroxyl groups is 2. The largest absolute Gasteiger partial charge is 0.497 e. The number of unbranched alkanes of at least 4 members (excludes halogenated alkanes) is 2. The number of carboxylic acid groups (broad SMARTS) is 1. The molecule has 6 rings (SSSR count). The number of nitrogens with one attached hydrogen (secondary N) is 13. The Morgan fingerprint density at radius 2 is 1.41 bits per heavy atom. The number of carbonyl (C=O) groups is 16. The number of carbonyl (C=O) groups excluding carboxylic acids is 15. The van der Waals surface area contributed by atoms with Crippen LogP contribution in [-0.4, -0.2) is 245 Å². The van der Waals surface area contributed by atoms with Crippen LogP contribution in [0, 0.1) is 24.7 Å². The highest BCUT2D eigenvalue weighted by atomic mass is 32.2. The van der Waals surface area contributed by atoms with Crippen molar-refractivity contribution in [2.45, 2.75) is 165 Å². The van der Waals surface area contributed by atoms with Gasteiger partial charge in [0.25, 0.3) is 11.8 Å². The Morgan fingerprint density at radius 1 is 0.743 bits per heavy atom. The minimum atomic E-state index is -2.01. The lowest BCUT2D eigenvalue weighted by molar-refractivity contribution is -0.146. The van der Waals surface area contributed by atoms with E-state index in [1.165, 1.54) is 50.5 Å². The maximum Gasteiger partial charge on any atom is 0.409 e. The topological polar surface area (TPSA) is 554 Å². The van der Waals surface area contributed by atoms with E-state index in [0.717, 1.165) is 32.5 Å². The Bertz CT molecular complexity index is 3820. The number of carboxylic acids is 1. The van der Waals surface area contributed by atoms with Crippen molar-refractivity contribution >= 4 is 123 Å². The Labute approximate surface area is 631 Å². The van der Waals surface area contributed by atoms with Crippen LogP contribution in [-0.2, 0) is 83.2 Å². The fourth-order valence-electron chi connectivity index (χ4n) is 11.8. The first kappa shape index (κ1) is 87.0. The number of aromatic amines is 1. The second-order valence-electron chi connectivity index (χ2n) is 26.7. The summed E-state index contributed by atoms with van der Waals surface area (Å²) in [5.41, 5.74) is 7.27. The molecule has 0 radical (unpaired) electrons. The molecule has 0 aliphatic carbocycles. The van der Waals surface area contributed by atoms with Crippen molar-refractivity contribution in [2.75, 3.05) is 70.8 Å². The van der Waals surface area contributed by atoms with Gasteiger partial charge in [-0.05, 0) is 79.8 Å². The van der Waals surface area contributed by atoms with Gasteiger partial charge in [0.15, 0.2) is 0 Å². The predicted molar refractivity (Wildman–Crippen MR) is 389 cm³/mol. The van der Waals surface area contributed by atoms with Crippen LogP contribution in [0.5, 0.6) is 5.75 Å². The Kier molecular flexibility index (Phi) is 34.0. The van der Waals surface area contributed by atoms with Gasteiger partial charge >= 0.3 is 18.1 Å². The number of ether oxygens (including phenoxy) is 3. The van der Waals surface area contributed by atoms with E-state index in [9.17, 15) is 87.2 Å². The van der Waals surface area contributed by atoms with Crippen LogP contribution < -0.4 is 74.3 Å². The van der Waals surface area contributed by atoms with Crippen LogP contribution in [0.4, 0.5) is 15.3 Å². The van der Waals surface area contributed by atoms with E-state index in [1.807, 2.05) is 0 Å². The summed E-state index contributed by atoms with van der Waals surface area (Å²) in [7, 11) is 1.49. The Morgan fingerprint density at radius 3 is 2.06 bits per heavy atom. The molecule has 3 aromatic rings. The average Bonchev–Trinajstić information content (AvgIpc) is 1.67. The van der Waals surface area contributed by atoms with Crippen molar-refractivity contribution in [2.24, 2.45) is 23.5 Å². The van der Waals surface area contributed by atoms with Gasteiger partial charge in [-0.25, -0.2) is 9.59 Å². The first-order valence-electron chi connectivity index (χ1n) is 35.5. The van der Waals surface area contributed by atoms with Crippen LogP contribution in [0.25, 0.3) is 10.9 Å². The van der Waals surface area contributed by atoms with E-state index in [4.69, 9.17) is 19.9 Å². The maximum absolute atomic E-state index is 15.0. The van der Waals surface area contributed by atoms with Crippen molar-refractivity contribution in [3.63, 3.8) is 0 Å². The van der Waals surface area contributed by atoms with Gasteiger partial charge in [-0.2, -0.15) is 0 Å². The highest BCUT2D eigenvalue weighted by molar-refractivity contribution is 7.99. The summed E-state index contributed by atoms with van der Waals surface area (Å²) in [6, 6.07) is -0.150. The number of nitrogens with two attached hydrogens (primary N) is 1. The number of methoxy groups -OCH3 is 1. The maximum atomic E-state index is 15.0. The number of hydrogen-bond acceptors (Lipinski definition) is 22. The van der Waals surface area contributed by atoms with Crippen LogP contribution in [0.1, 0.15) is 104 Å². The number of primary amides is 1. The van der Waals surface area contributed by atoms with Gasteiger partial charge < -0.3 is 104 Å². The van der Waals surface area contributed by atoms with Crippen LogP contribution in [0.3, 0.4) is 0 Å². The van der Waals surface area contributed by atoms with Gasteiger partial charge in [0.05, 0.1) is 62.5 Å². The van der Waals surface area contributed by atoms with E-state index in [-0.39, 0.29) is 50.4 Å². The summed E-state index contributed by atoms with van der Waals surface area (Å²) in [6.07, 6.45) is -1.13. The van der Waals surface area contributed by atoms with E-state index in [0.29, 0.717) is 47.5 Å². The third-order valence-corrected chi connectivity index (χ3v) is 19.5. The smallest absolute Gasteiger partial charge is 0.409 e. The molecule has 0 saturated carbocycles. The number of anilines is 1. The quantitative estimate of drug-likeness (QED) is 0.0136. The molecule has 1 unspecified atom stereocenters. The lowest BCUT2D eigenvalue weighted by Gasteiger charge is -2.32. The average molecular weight is 1550 g/mol. The number of aryl methyl sites for hydroxylation is 1. The van der Waals surface area contributed by atoms with E-state index in [2.05, 4.69) is 68.8 Å². The van der Waals surface area contributed by atoms with Crippen LogP contribution in [0.2, 0.25) is 0 Å². The lowest BCUT2D eigenvalue weighted by Crippen LogP contribution is -2.60. The van der Waals surface area contributed by atoms with Crippen molar-refractivity contribution in [3.8, 4) is 5.75 Å². The molecule has 16 amide bonds. The molecule has 2 aromatic carbocycles. The second kappa shape index (κ2) is 42.6. The number of H-pyrrole nitrogens is 1. The predicted octanol–water partition coefficient (Wildman–Crippen LogP) is -2.24. The first-order valence-corrected chi connectivity index (χ1v) is 36.5. The standard InChI is InChI=1S/C70H98N16O22S/c1-8-37(4)59-64(100)75-30-53(91)78-48(34-109-67-38(5)44-20-19-42(106-7)25-46(44)81-67)62(98)80-47(27-57(95)96)68(103)86-31-43(26-49(86)63(99)84-60(39(6)50(88)32-87)65(101)74-28-52(90)73-29-54(92)83-59)108-35-76-70(105)107-33-40-15-17-41(18-16-40)77-61(97)45(13-12-23-72-69(71)104)79-66(102)58(36(2)3)82-51(89)14-10-9-11-24-85-55(93)21-22-56(85)94/h15-22,25,36-37,39,43,45,47-50,58-60,81,87-88H,8-14,23-24,26-35H2,1-7H3,(H,73,90)(H,74,101)(H,75,100)(H,76,105)(H,77,97)(H,78,91)(H,79,102)(H,80,98)(H,82,89)(H,83,92)(H,84,99)(H,95,96)(H3,71,72,104)/t37-,39-,43-,45-,47-,48-,49?,50-,58-,59+,60+/m0/s1. The molecular formula is C70H98N16O22S. The highest BCUT2D eigenvalue weighted by Gasteiger charge is 2.46. The first-order chi connectivity index (χ1) is 51.8. The van der Waals surface area contributed by atoms with Gasteiger partial charge in [0.2, 0.25) is 65.0 Å². The lowest BCUT2D eigenvalue weighted by atomic mass is 9.94. The minimum absolute atomic E-state index is 0.0183. The van der Waals surface area contributed by atoms with Gasteiger partial charge in [-0.3, -0.25) is 77.3 Å². The second-order valence-corrected chi connectivity index (χ2v) is 27.7. The molecule has 3 aliphatic rings. The van der Waals surface area contributed by atoms with E-state index < -0.39 is 219 Å². The molecule has 3 aliphatic heterocycles. The third-order valence-electron chi connectivity index (χ3n) is 18.3. The molecule has 1 aromatic heterocycles. The zero-order valence-corrected chi connectivity index (χ0v) is 62.4. The minimum Gasteiger partial charge on any atom is -0.497 e. The normalized spacial score (nSPS) is 20.6. The van der Waals surface area contributed by atoms with Gasteiger partial charge in [-0.1, -0.05) is 59.6 Å². The van der Waals surface area contributed by atoms with Crippen molar-refractivity contribution in [1.82, 2.24) is 73.3 Å².